The van der Waals surface area contributed by atoms with Crippen LogP contribution in [0.15, 0.2) is 41.2 Å². The lowest BCUT2D eigenvalue weighted by Gasteiger charge is -2.24. The molecule has 0 fully saturated rings. The summed E-state index contributed by atoms with van der Waals surface area (Å²) in [5.74, 6) is 2.98. The van der Waals surface area contributed by atoms with Gasteiger partial charge in [0, 0.05) is 37.3 Å². The Morgan fingerprint density at radius 3 is 2.93 bits per heavy atom. The summed E-state index contributed by atoms with van der Waals surface area (Å²) in [6, 6.07) is 5.85. The Balaban J connectivity index is 1.27. The van der Waals surface area contributed by atoms with Crippen molar-refractivity contribution in [3.63, 3.8) is 0 Å². The molecule has 0 unspecified atom stereocenters. The van der Waals surface area contributed by atoms with Crippen LogP contribution in [0.2, 0.25) is 0 Å². The fraction of sp³-hybridized carbons (Fsp3) is 0.350. The predicted molar refractivity (Wildman–Crippen MR) is 101 cm³/mol. The molecule has 0 saturated carbocycles. The first-order valence-corrected chi connectivity index (χ1v) is 9.46. The molecule has 3 aromatic rings. The summed E-state index contributed by atoms with van der Waals surface area (Å²) >= 11 is 0. The highest BCUT2D eigenvalue weighted by atomic mass is 16.7. The summed E-state index contributed by atoms with van der Waals surface area (Å²) in [7, 11) is 0. The lowest BCUT2D eigenvalue weighted by atomic mass is 10.0. The Kier molecular flexibility index (Phi) is 4.32. The van der Waals surface area contributed by atoms with Crippen molar-refractivity contribution in [3.8, 4) is 17.2 Å². The summed E-state index contributed by atoms with van der Waals surface area (Å²) < 4.78 is 17.9. The SMILES string of the molecule is CCc1nc(CN2CC=C(c3cnn(-c4ccc5c(c4)OCO5)c3)CC2)no1. The highest BCUT2D eigenvalue weighted by Gasteiger charge is 2.18. The first-order chi connectivity index (χ1) is 13.8. The van der Waals surface area contributed by atoms with Gasteiger partial charge in [-0.2, -0.15) is 10.1 Å². The molecule has 0 radical (unpaired) electrons. The second-order valence-corrected chi connectivity index (χ2v) is 6.88. The molecule has 2 aliphatic heterocycles. The Morgan fingerprint density at radius 2 is 2.11 bits per heavy atom. The fourth-order valence-electron chi connectivity index (χ4n) is 3.47. The number of rotatable bonds is 5. The van der Waals surface area contributed by atoms with Crippen molar-refractivity contribution in [2.45, 2.75) is 26.3 Å². The average molecular weight is 379 g/mol. The van der Waals surface area contributed by atoms with E-state index < -0.39 is 0 Å². The van der Waals surface area contributed by atoms with Crippen LogP contribution in [0.25, 0.3) is 11.3 Å². The first-order valence-electron chi connectivity index (χ1n) is 9.46. The molecule has 0 N–H and O–H groups in total. The van der Waals surface area contributed by atoms with Crippen LogP contribution in [0.3, 0.4) is 0 Å². The van der Waals surface area contributed by atoms with Crippen LogP contribution < -0.4 is 9.47 Å². The largest absolute Gasteiger partial charge is 0.454 e. The topological polar surface area (TPSA) is 78.4 Å². The maximum atomic E-state index is 5.46. The highest BCUT2D eigenvalue weighted by molar-refractivity contribution is 5.66. The van der Waals surface area contributed by atoms with Gasteiger partial charge in [0.05, 0.1) is 18.4 Å². The maximum Gasteiger partial charge on any atom is 0.231 e. The lowest BCUT2D eigenvalue weighted by Crippen LogP contribution is -2.28. The van der Waals surface area contributed by atoms with Crippen molar-refractivity contribution in [1.82, 2.24) is 24.8 Å². The summed E-state index contributed by atoms with van der Waals surface area (Å²) in [4.78, 5) is 6.70. The Hall–Kier alpha value is -3.13. The molecule has 0 saturated heterocycles. The van der Waals surface area contributed by atoms with E-state index in [0.29, 0.717) is 12.4 Å². The molecule has 0 atom stereocenters. The van der Waals surface area contributed by atoms with Gasteiger partial charge in [-0.1, -0.05) is 18.2 Å². The van der Waals surface area contributed by atoms with Gasteiger partial charge in [-0.05, 0) is 24.1 Å². The molecule has 8 nitrogen and oxygen atoms in total. The van der Waals surface area contributed by atoms with Crippen molar-refractivity contribution < 1.29 is 14.0 Å². The second kappa shape index (κ2) is 7.12. The standard InChI is InChI=1S/C20H21N5O3/c1-2-20-22-19(23-28-20)12-24-7-5-14(6-8-24)15-10-21-25(11-15)16-3-4-17-18(9-16)27-13-26-17/h3-5,9-11H,2,6-8,12-13H2,1H3. The van der Waals surface area contributed by atoms with Gasteiger partial charge in [0.2, 0.25) is 12.7 Å². The van der Waals surface area contributed by atoms with E-state index in [1.807, 2.05) is 36.0 Å². The van der Waals surface area contributed by atoms with E-state index in [-0.39, 0.29) is 6.79 Å². The number of hydrogen-bond donors (Lipinski definition) is 0. The monoisotopic (exact) mass is 379 g/mol. The van der Waals surface area contributed by atoms with E-state index >= 15 is 0 Å². The molecule has 28 heavy (non-hydrogen) atoms. The number of ether oxygens (including phenoxy) is 2. The van der Waals surface area contributed by atoms with Gasteiger partial charge in [0.15, 0.2) is 17.3 Å². The first kappa shape index (κ1) is 17.0. The molecule has 5 rings (SSSR count). The van der Waals surface area contributed by atoms with Crippen LogP contribution >= 0.6 is 0 Å². The predicted octanol–water partition coefficient (Wildman–Crippen LogP) is 2.84. The van der Waals surface area contributed by atoms with Gasteiger partial charge in [0.25, 0.3) is 0 Å². The molecular weight excluding hydrogens is 358 g/mol. The summed E-state index contributed by atoms with van der Waals surface area (Å²) in [6.07, 6.45) is 7.96. The van der Waals surface area contributed by atoms with Crippen molar-refractivity contribution >= 4 is 5.57 Å². The molecule has 0 amide bonds. The fourth-order valence-corrected chi connectivity index (χ4v) is 3.47. The minimum Gasteiger partial charge on any atom is -0.454 e. The van der Waals surface area contributed by atoms with Crippen molar-refractivity contribution in [1.29, 1.82) is 0 Å². The molecule has 2 aliphatic rings. The molecular formula is C20H21N5O3. The van der Waals surface area contributed by atoms with Crippen LogP contribution in [0.5, 0.6) is 11.5 Å². The zero-order valence-corrected chi connectivity index (χ0v) is 15.7. The number of fused-ring (bicyclic) bond motifs is 1. The van der Waals surface area contributed by atoms with Crippen LogP contribution in [-0.4, -0.2) is 44.7 Å². The quantitative estimate of drug-likeness (QED) is 0.674. The number of aromatic nitrogens is 4. The van der Waals surface area contributed by atoms with E-state index in [2.05, 4.69) is 32.4 Å². The molecule has 144 valence electrons. The van der Waals surface area contributed by atoms with Crippen molar-refractivity contribution in [2.24, 2.45) is 0 Å². The molecule has 8 heteroatoms. The molecule has 0 spiro atoms. The Bertz CT molecular complexity index is 1020. The van der Waals surface area contributed by atoms with Crippen LogP contribution in [0.4, 0.5) is 0 Å². The molecule has 2 aromatic heterocycles. The molecule has 4 heterocycles. The van der Waals surface area contributed by atoms with Crippen molar-refractivity contribution in [2.75, 3.05) is 19.9 Å². The highest BCUT2D eigenvalue weighted by Crippen LogP contribution is 2.34. The maximum absolute atomic E-state index is 5.46. The number of nitrogens with zero attached hydrogens (tertiary/aromatic N) is 5. The Labute approximate surface area is 162 Å². The van der Waals surface area contributed by atoms with E-state index in [1.165, 1.54) is 5.57 Å². The van der Waals surface area contributed by atoms with Gasteiger partial charge < -0.3 is 14.0 Å². The van der Waals surface area contributed by atoms with E-state index in [1.54, 1.807) is 0 Å². The minimum atomic E-state index is 0.274. The smallest absolute Gasteiger partial charge is 0.231 e. The number of hydrogen-bond acceptors (Lipinski definition) is 7. The van der Waals surface area contributed by atoms with Crippen LogP contribution in [0, 0.1) is 0 Å². The second-order valence-electron chi connectivity index (χ2n) is 6.88. The van der Waals surface area contributed by atoms with Gasteiger partial charge >= 0.3 is 0 Å². The van der Waals surface area contributed by atoms with E-state index in [0.717, 1.165) is 54.5 Å². The minimum absolute atomic E-state index is 0.274. The van der Waals surface area contributed by atoms with Gasteiger partial charge in [0.1, 0.15) is 0 Å². The zero-order valence-electron chi connectivity index (χ0n) is 15.7. The van der Waals surface area contributed by atoms with E-state index in [4.69, 9.17) is 14.0 Å². The lowest BCUT2D eigenvalue weighted by molar-refractivity contribution is 0.174. The average Bonchev–Trinajstić information content (AvgIpc) is 3.48. The summed E-state index contributed by atoms with van der Waals surface area (Å²) in [6.45, 7) is 4.81. The van der Waals surface area contributed by atoms with Gasteiger partial charge in [-0.25, -0.2) is 4.68 Å². The number of aryl methyl sites for hydroxylation is 1. The summed E-state index contributed by atoms with van der Waals surface area (Å²) in [5, 5.41) is 8.56. The Morgan fingerprint density at radius 1 is 1.18 bits per heavy atom. The van der Waals surface area contributed by atoms with E-state index in [9.17, 15) is 0 Å². The normalized spacial score (nSPS) is 16.4. The zero-order chi connectivity index (χ0) is 18.9. The third-order valence-electron chi connectivity index (χ3n) is 5.04. The van der Waals surface area contributed by atoms with Crippen molar-refractivity contribution in [3.05, 3.63) is 53.9 Å². The number of benzene rings is 1. The van der Waals surface area contributed by atoms with Crippen LogP contribution in [0.1, 0.15) is 30.6 Å². The van der Waals surface area contributed by atoms with Crippen LogP contribution in [-0.2, 0) is 13.0 Å². The van der Waals surface area contributed by atoms with Gasteiger partial charge in [-0.15, -0.1) is 0 Å². The van der Waals surface area contributed by atoms with Gasteiger partial charge in [-0.3, -0.25) is 4.90 Å². The molecule has 1 aromatic carbocycles. The summed E-state index contributed by atoms with van der Waals surface area (Å²) in [5.41, 5.74) is 3.41. The molecule has 0 bridgehead atoms. The third kappa shape index (κ3) is 3.27. The molecule has 0 aliphatic carbocycles. The third-order valence-corrected chi connectivity index (χ3v) is 5.04.